The molecule has 3 fully saturated rings. The van der Waals surface area contributed by atoms with Crippen LogP contribution in [-0.4, -0.2) is 101 Å². The van der Waals surface area contributed by atoms with E-state index in [0.29, 0.717) is 36.6 Å². The zero-order chi connectivity index (χ0) is 37.6. The Morgan fingerprint density at radius 2 is 1.67 bits per heavy atom. The highest BCUT2D eigenvalue weighted by atomic mass is 19.1. The number of primary amides is 1. The minimum absolute atomic E-state index is 0.0439. The summed E-state index contributed by atoms with van der Waals surface area (Å²) in [5, 5.41) is 9.66. The number of rotatable bonds is 6. The number of imide groups is 2. The van der Waals surface area contributed by atoms with Crippen molar-refractivity contribution in [3.05, 3.63) is 46.7 Å². The van der Waals surface area contributed by atoms with Crippen LogP contribution in [0.15, 0.2) is 18.2 Å². The van der Waals surface area contributed by atoms with Crippen molar-refractivity contribution in [2.45, 2.75) is 31.7 Å². The number of piperazine rings is 1. The van der Waals surface area contributed by atoms with Crippen LogP contribution >= 0.6 is 0 Å². The van der Waals surface area contributed by atoms with Gasteiger partial charge in [0.25, 0.3) is 17.7 Å². The van der Waals surface area contributed by atoms with Gasteiger partial charge in [0.2, 0.25) is 11.8 Å². The van der Waals surface area contributed by atoms with Crippen molar-refractivity contribution in [3.63, 3.8) is 0 Å². The Morgan fingerprint density at radius 3 is 2.30 bits per heavy atom. The number of hydrogen-bond donors (Lipinski definition) is 2. The second kappa shape index (κ2) is 11.3. The Kier molecular flexibility index (Phi) is 5.35. The molecule has 3 saturated heterocycles. The van der Waals surface area contributed by atoms with E-state index in [2.05, 4.69) is 10.2 Å². The summed E-state index contributed by atoms with van der Waals surface area (Å²) in [5.74, 6) is -9.08. The maximum absolute atomic E-state index is 16.4. The van der Waals surface area contributed by atoms with Gasteiger partial charge in [0.1, 0.15) is 11.9 Å². The number of carbonyl (C=O) groups is 5. The van der Waals surface area contributed by atoms with Gasteiger partial charge in [-0.15, -0.1) is 10.2 Å². The minimum atomic E-state index is -3.64. The van der Waals surface area contributed by atoms with Crippen LogP contribution in [0.5, 0.6) is 0 Å². The van der Waals surface area contributed by atoms with Crippen molar-refractivity contribution < 1.29 is 43.7 Å². The number of aromatic nitrogens is 2. The van der Waals surface area contributed by atoms with Gasteiger partial charge < -0.3 is 15.5 Å². The lowest BCUT2D eigenvalue weighted by Gasteiger charge is -2.40. The highest BCUT2D eigenvalue weighted by Gasteiger charge is 2.48. The Morgan fingerprint density at radius 1 is 0.977 bits per heavy atom. The fourth-order valence-corrected chi connectivity index (χ4v) is 5.45. The van der Waals surface area contributed by atoms with Gasteiger partial charge in [-0.2, -0.15) is 0 Å². The molecule has 4 aliphatic heterocycles. The monoisotopic (exact) mass is 604 g/mol. The number of nitrogens with two attached hydrogens (primary N) is 1. The van der Waals surface area contributed by atoms with Crippen LogP contribution in [0.3, 0.4) is 0 Å². The Hall–Kier alpha value is -4.53. The second-order valence-corrected chi connectivity index (χ2v) is 10.4. The van der Waals surface area contributed by atoms with E-state index in [1.54, 1.807) is 4.90 Å². The number of hydrogen-bond acceptors (Lipinski definition) is 10. The Labute approximate surface area is 256 Å². The van der Waals surface area contributed by atoms with Gasteiger partial charge in [-0.1, -0.05) is 0 Å². The van der Waals surface area contributed by atoms with Crippen molar-refractivity contribution in [1.82, 2.24) is 25.3 Å². The number of halogens is 2. The SMILES string of the molecule is [2H]C1([2H])N(CC2CCN(c3ccc(C(N)=O)nn3)CC2)C([2H])([2H])C([2H])([2H])N(c2cc(F)c3c(c2F)C(=O)N(C2CCC(=O)NC2=O)C3=O)C1([2H])[2H]. The molecule has 0 aliphatic carbocycles. The summed E-state index contributed by atoms with van der Waals surface area (Å²) in [5.41, 5.74) is 1.35. The molecule has 2 aromatic rings. The first-order valence-corrected chi connectivity index (χ1v) is 13.3. The highest BCUT2D eigenvalue weighted by Crippen LogP contribution is 2.36. The van der Waals surface area contributed by atoms with Gasteiger partial charge in [0, 0.05) is 63.6 Å². The number of anilines is 2. The van der Waals surface area contributed by atoms with Crippen LogP contribution in [0.4, 0.5) is 20.3 Å². The van der Waals surface area contributed by atoms with Gasteiger partial charge in [0.05, 0.1) is 22.3 Å². The van der Waals surface area contributed by atoms with E-state index < -0.39 is 102 Å². The maximum atomic E-state index is 16.4. The largest absolute Gasteiger partial charge is 0.366 e. The van der Waals surface area contributed by atoms with Crippen LogP contribution in [0, 0.1) is 17.6 Å². The number of piperidine rings is 2. The summed E-state index contributed by atoms with van der Waals surface area (Å²) in [4.78, 5) is 64.1. The van der Waals surface area contributed by atoms with E-state index in [4.69, 9.17) is 16.7 Å². The normalized spacial score (nSPS) is 29.3. The molecule has 6 rings (SSSR count). The van der Waals surface area contributed by atoms with E-state index in [9.17, 15) is 24.0 Å². The standard InChI is InChI=1S/C28H30F2N8O5/c29-16-13-19(24(30)23-22(16)27(42)38(28(23)43)18-2-4-21(39)32-26(18)41)36-11-9-35(10-12-36)14-15-5-7-37(8-6-15)20-3-1-17(25(31)40)33-34-20/h1,3,13,15,18H,2,4-12,14H2,(H2,31,40)(H,32,39,41)/i9D2,10D2,11D2,12D2. The van der Waals surface area contributed by atoms with Gasteiger partial charge in [-0.3, -0.25) is 39.1 Å². The average molecular weight is 605 g/mol. The fraction of sp³-hybridized carbons (Fsp3) is 0.464. The molecule has 3 N–H and O–H groups in total. The predicted molar refractivity (Wildman–Crippen MR) is 147 cm³/mol. The Bertz CT molecular complexity index is 1830. The van der Waals surface area contributed by atoms with Gasteiger partial charge in [-0.05, 0) is 37.3 Å². The van der Waals surface area contributed by atoms with Crippen LogP contribution < -0.4 is 20.9 Å². The van der Waals surface area contributed by atoms with Crippen LogP contribution in [0.25, 0.3) is 0 Å². The lowest BCUT2D eigenvalue weighted by atomic mass is 9.96. The molecule has 1 aromatic carbocycles. The summed E-state index contributed by atoms with van der Waals surface area (Å²) in [6.45, 7) is -14.0. The van der Waals surface area contributed by atoms with Gasteiger partial charge >= 0.3 is 0 Å². The number of nitrogens with zero attached hydrogens (tertiary/aromatic N) is 6. The molecule has 1 atom stereocenters. The molecule has 0 saturated carbocycles. The number of nitrogens with one attached hydrogen (secondary N) is 1. The number of carbonyl (C=O) groups excluding carboxylic acids is 5. The van der Waals surface area contributed by atoms with Crippen molar-refractivity contribution >= 4 is 41.0 Å². The first kappa shape index (κ1) is 20.4. The Balaban J connectivity index is 1.30. The summed E-state index contributed by atoms with van der Waals surface area (Å²) in [6.07, 6.45) is -0.0596. The van der Waals surface area contributed by atoms with Gasteiger partial charge in [0.15, 0.2) is 17.3 Å². The molecule has 0 bridgehead atoms. The summed E-state index contributed by atoms with van der Waals surface area (Å²) in [7, 11) is 0. The van der Waals surface area contributed by atoms with Gasteiger partial charge in [-0.25, -0.2) is 8.78 Å². The van der Waals surface area contributed by atoms with Crippen LogP contribution in [0.2, 0.25) is 0 Å². The molecule has 43 heavy (non-hydrogen) atoms. The zero-order valence-electron chi connectivity index (χ0n) is 30.4. The number of benzene rings is 1. The summed E-state index contributed by atoms with van der Waals surface area (Å²) >= 11 is 0. The molecular weight excluding hydrogens is 566 g/mol. The summed E-state index contributed by atoms with van der Waals surface area (Å²) < 4.78 is 102. The van der Waals surface area contributed by atoms with Crippen molar-refractivity contribution in [1.29, 1.82) is 0 Å². The summed E-state index contributed by atoms with van der Waals surface area (Å²) in [6, 6.07) is 1.48. The molecule has 0 spiro atoms. The molecule has 4 aliphatic rings. The number of amides is 5. The molecule has 5 heterocycles. The molecule has 1 aromatic heterocycles. The average Bonchev–Trinajstić information content (AvgIpc) is 3.31. The maximum Gasteiger partial charge on any atom is 0.269 e. The molecule has 226 valence electrons. The third-order valence-electron chi connectivity index (χ3n) is 7.70. The second-order valence-electron chi connectivity index (χ2n) is 10.4. The van der Waals surface area contributed by atoms with Crippen molar-refractivity contribution in [3.8, 4) is 0 Å². The van der Waals surface area contributed by atoms with E-state index in [-0.39, 0.29) is 34.4 Å². The van der Waals surface area contributed by atoms with Crippen molar-refractivity contribution in [2.75, 3.05) is 55.4 Å². The zero-order valence-corrected chi connectivity index (χ0v) is 22.4. The smallest absolute Gasteiger partial charge is 0.269 e. The highest BCUT2D eigenvalue weighted by molar-refractivity contribution is 6.24. The van der Waals surface area contributed by atoms with E-state index in [1.165, 1.54) is 12.1 Å². The molecule has 5 amide bonds. The molecule has 15 heteroatoms. The molecular formula is C28H30F2N8O5. The third-order valence-corrected chi connectivity index (χ3v) is 7.70. The van der Waals surface area contributed by atoms with Crippen LogP contribution in [-0.2, 0) is 9.59 Å². The minimum Gasteiger partial charge on any atom is -0.366 e. The van der Waals surface area contributed by atoms with Crippen molar-refractivity contribution in [2.24, 2.45) is 11.7 Å². The molecule has 1 unspecified atom stereocenters. The molecule has 13 nitrogen and oxygen atoms in total. The van der Waals surface area contributed by atoms with Crippen LogP contribution in [0.1, 0.15) is 67.9 Å². The van der Waals surface area contributed by atoms with E-state index >= 15 is 8.78 Å². The number of fused-ring (bicyclic) bond motifs is 1. The quantitative estimate of drug-likeness (QED) is 0.439. The first-order chi connectivity index (χ1) is 23.6. The topological polar surface area (TPSA) is 162 Å². The lowest BCUT2D eigenvalue weighted by Crippen LogP contribution is -2.54. The third kappa shape index (κ3) is 5.28. The fourth-order valence-electron chi connectivity index (χ4n) is 5.45. The first-order valence-electron chi connectivity index (χ1n) is 17.3. The van der Waals surface area contributed by atoms with E-state index in [1.807, 2.05) is 5.32 Å². The van der Waals surface area contributed by atoms with E-state index in [0.717, 1.165) is 0 Å². The predicted octanol–water partition coefficient (Wildman–Crippen LogP) is 0.294. The molecule has 0 radical (unpaired) electrons. The lowest BCUT2D eigenvalue weighted by molar-refractivity contribution is -0.136.